The van der Waals surface area contributed by atoms with E-state index in [0.29, 0.717) is 0 Å². The van der Waals surface area contributed by atoms with Crippen LogP contribution in [0.4, 0.5) is 5.82 Å². The van der Waals surface area contributed by atoms with Gasteiger partial charge in [-0.1, -0.05) is 6.08 Å². The third-order valence-corrected chi connectivity index (χ3v) is 2.44. The molecule has 72 valence electrons. The summed E-state index contributed by atoms with van der Waals surface area (Å²) < 4.78 is 1.91. The van der Waals surface area contributed by atoms with Crippen LogP contribution in [0.25, 0.3) is 0 Å². The second-order valence-electron chi connectivity index (χ2n) is 2.76. The fraction of sp³-hybridized carbons (Fsp3) is 0.444. The minimum absolute atomic E-state index is 0.734. The summed E-state index contributed by atoms with van der Waals surface area (Å²) in [6.45, 7) is 4.39. The highest BCUT2D eigenvalue weighted by molar-refractivity contribution is 7.98. The summed E-state index contributed by atoms with van der Waals surface area (Å²) in [4.78, 5) is 4.25. The SMILES string of the molecule is C=CCn1cnc(CCSC)c1N. The Morgan fingerprint density at radius 1 is 1.77 bits per heavy atom. The van der Waals surface area contributed by atoms with Crippen molar-refractivity contribution < 1.29 is 0 Å². The molecule has 0 bridgehead atoms. The van der Waals surface area contributed by atoms with E-state index in [9.17, 15) is 0 Å². The van der Waals surface area contributed by atoms with Gasteiger partial charge in [0.05, 0.1) is 12.0 Å². The number of nitrogen functional groups attached to an aromatic ring is 1. The molecule has 0 amide bonds. The number of hydrogen-bond acceptors (Lipinski definition) is 3. The van der Waals surface area contributed by atoms with Crippen LogP contribution < -0.4 is 5.73 Å². The average Bonchev–Trinajstić information content (AvgIpc) is 2.46. The Balaban J connectivity index is 2.68. The van der Waals surface area contributed by atoms with Gasteiger partial charge in [0.1, 0.15) is 5.82 Å². The zero-order valence-corrected chi connectivity index (χ0v) is 8.68. The maximum Gasteiger partial charge on any atom is 0.126 e. The molecular weight excluding hydrogens is 182 g/mol. The molecule has 0 fully saturated rings. The molecule has 1 rings (SSSR count). The number of anilines is 1. The number of hydrogen-bond donors (Lipinski definition) is 1. The largest absolute Gasteiger partial charge is 0.384 e. The lowest BCUT2D eigenvalue weighted by molar-refractivity contribution is 0.832. The molecule has 4 heteroatoms. The second kappa shape index (κ2) is 4.97. The molecule has 0 unspecified atom stereocenters. The van der Waals surface area contributed by atoms with Crippen LogP contribution in [0.2, 0.25) is 0 Å². The maximum atomic E-state index is 5.87. The number of thioether (sulfide) groups is 1. The molecule has 0 aliphatic heterocycles. The number of aryl methyl sites for hydroxylation is 1. The first kappa shape index (κ1) is 10.2. The van der Waals surface area contributed by atoms with Crippen molar-refractivity contribution in [3.05, 3.63) is 24.7 Å². The van der Waals surface area contributed by atoms with Crippen molar-refractivity contribution in [3.63, 3.8) is 0 Å². The van der Waals surface area contributed by atoms with Crippen molar-refractivity contribution in [2.45, 2.75) is 13.0 Å². The highest BCUT2D eigenvalue weighted by Crippen LogP contribution is 2.12. The summed E-state index contributed by atoms with van der Waals surface area (Å²) in [5.74, 6) is 1.84. The Hall–Kier alpha value is -0.900. The zero-order chi connectivity index (χ0) is 9.68. The third kappa shape index (κ3) is 2.52. The standard InChI is InChI=1S/C9H15N3S/c1-3-5-12-7-11-8(9(12)10)4-6-13-2/h3,7H,1,4-6,10H2,2H3. The average molecular weight is 197 g/mol. The summed E-state index contributed by atoms with van der Waals surface area (Å²) >= 11 is 1.80. The highest BCUT2D eigenvalue weighted by Gasteiger charge is 2.05. The second-order valence-corrected chi connectivity index (χ2v) is 3.75. The molecule has 0 saturated heterocycles. The molecule has 0 aliphatic carbocycles. The molecule has 1 aromatic heterocycles. The topological polar surface area (TPSA) is 43.8 Å². The van der Waals surface area contributed by atoms with E-state index >= 15 is 0 Å². The van der Waals surface area contributed by atoms with Crippen LogP contribution in [0.3, 0.4) is 0 Å². The number of allylic oxidation sites excluding steroid dienone is 1. The summed E-state index contributed by atoms with van der Waals surface area (Å²) in [6, 6.07) is 0. The Morgan fingerprint density at radius 3 is 3.15 bits per heavy atom. The van der Waals surface area contributed by atoms with Crippen molar-refractivity contribution in [2.75, 3.05) is 17.7 Å². The molecule has 1 aromatic rings. The first-order valence-corrected chi connectivity index (χ1v) is 5.58. The van der Waals surface area contributed by atoms with Gasteiger partial charge in [0.15, 0.2) is 0 Å². The highest BCUT2D eigenvalue weighted by atomic mass is 32.2. The Labute approximate surface area is 83.0 Å². The van der Waals surface area contributed by atoms with Crippen LogP contribution in [-0.2, 0) is 13.0 Å². The van der Waals surface area contributed by atoms with Gasteiger partial charge in [0.2, 0.25) is 0 Å². The lowest BCUT2D eigenvalue weighted by Crippen LogP contribution is -2.02. The fourth-order valence-corrected chi connectivity index (χ4v) is 1.51. The van der Waals surface area contributed by atoms with Gasteiger partial charge in [0, 0.05) is 13.0 Å². The van der Waals surface area contributed by atoms with Gasteiger partial charge in [-0.25, -0.2) is 4.98 Å². The predicted molar refractivity (Wildman–Crippen MR) is 58.9 cm³/mol. The molecule has 0 saturated carbocycles. The monoisotopic (exact) mass is 197 g/mol. The van der Waals surface area contributed by atoms with Crippen molar-refractivity contribution in [2.24, 2.45) is 0 Å². The number of aromatic nitrogens is 2. The van der Waals surface area contributed by atoms with E-state index in [4.69, 9.17) is 5.73 Å². The molecule has 13 heavy (non-hydrogen) atoms. The van der Waals surface area contributed by atoms with E-state index in [2.05, 4.69) is 17.8 Å². The fourth-order valence-electron chi connectivity index (χ4n) is 1.11. The van der Waals surface area contributed by atoms with Crippen LogP contribution in [0, 0.1) is 0 Å². The molecule has 0 radical (unpaired) electrons. The summed E-state index contributed by atoms with van der Waals surface area (Å²) in [7, 11) is 0. The Morgan fingerprint density at radius 2 is 2.54 bits per heavy atom. The predicted octanol–water partition coefficient (Wildman–Crippen LogP) is 1.56. The molecular formula is C9H15N3S. The van der Waals surface area contributed by atoms with Crippen LogP contribution in [0.5, 0.6) is 0 Å². The van der Waals surface area contributed by atoms with Crippen molar-refractivity contribution in [3.8, 4) is 0 Å². The van der Waals surface area contributed by atoms with E-state index < -0.39 is 0 Å². The molecule has 0 aliphatic rings. The van der Waals surface area contributed by atoms with Crippen molar-refractivity contribution in [1.29, 1.82) is 0 Å². The summed E-state index contributed by atoms with van der Waals surface area (Å²) in [6.07, 6.45) is 6.61. The first-order valence-electron chi connectivity index (χ1n) is 4.19. The molecule has 0 spiro atoms. The van der Waals surface area contributed by atoms with Crippen molar-refractivity contribution in [1.82, 2.24) is 9.55 Å². The van der Waals surface area contributed by atoms with Gasteiger partial charge in [-0.15, -0.1) is 6.58 Å². The Kier molecular flexibility index (Phi) is 3.89. The number of rotatable bonds is 5. The molecule has 1 heterocycles. The van der Waals surface area contributed by atoms with Gasteiger partial charge in [0.25, 0.3) is 0 Å². The van der Waals surface area contributed by atoms with E-state index in [0.717, 1.165) is 30.2 Å². The normalized spacial score (nSPS) is 10.2. The smallest absolute Gasteiger partial charge is 0.126 e. The van der Waals surface area contributed by atoms with Gasteiger partial charge < -0.3 is 10.3 Å². The Bertz CT molecular complexity index is 280. The number of nitrogens with zero attached hydrogens (tertiary/aromatic N) is 2. The van der Waals surface area contributed by atoms with Gasteiger partial charge >= 0.3 is 0 Å². The minimum Gasteiger partial charge on any atom is -0.384 e. The van der Waals surface area contributed by atoms with Crippen LogP contribution in [0.1, 0.15) is 5.69 Å². The van der Waals surface area contributed by atoms with Gasteiger partial charge in [-0.05, 0) is 12.0 Å². The molecule has 2 N–H and O–H groups in total. The summed E-state index contributed by atoms with van der Waals surface area (Å²) in [5, 5.41) is 0. The minimum atomic E-state index is 0.734. The van der Waals surface area contributed by atoms with Crippen molar-refractivity contribution >= 4 is 17.6 Å². The van der Waals surface area contributed by atoms with E-state index in [1.54, 1.807) is 18.1 Å². The number of nitrogens with two attached hydrogens (primary N) is 1. The maximum absolute atomic E-state index is 5.87. The lowest BCUT2D eigenvalue weighted by Gasteiger charge is -2.01. The van der Waals surface area contributed by atoms with E-state index in [-0.39, 0.29) is 0 Å². The first-order chi connectivity index (χ1) is 6.29. The molecule has 3 nitrogen and oxygen atoms in total. The van der Waals surface area contributed by atoms with Gasteiger partial charge in [-0.3, -0.25) is 0 Å². The van der Waals surface area contributed by atoms with E-state index in [1.807, 2.05) is 10.6 Å². The zero-order valence-electron chi connectivity index (χ0n) is 7.86. The summed E-state index contributed by atoms with van der Waals surface area (Å²) in [5.41, 5.74) is 6.87. The van der Waals surface area contributed by atoms with Crippen LogP contribution >= 0.6 is 11.8 Å². The lowest BCUT2D eigenvalue weighted by atomic mass is 10.3. The molecule has 0 atom stereocenters. The van der Waals surface area contributed by atoms with E-state index in [1.165, 1.54) is 0 Å². The van der Waals surface area contributed by atoms with Gasteiger partial charge in [-0.2, -0.15) is 11.8 Å². The van der Waals surface area contributed by atoms with Crippen LogP contribution in [0.15, 0.2) is 19.0 Å². The number of imidazole rings is 1. The quantitative estimate of drug-likeness (QED) is 0.728. The molecule has 0 aromatic carbocycles. The third-order valence-electron chi connectivity index (χ3n) is 1.83. The van der Waals surface area contributed by atoms with Crippen LogP contribution in [-0.4, -0.2) is 21.6 Å².